The van der Waals surface area contributed by atoms with E-state index in [0.29, 0.717) is 6.54 Å². The minimum absolute atomic E-state index is 0.368. The number of rotatable bonds is 3. The second-order valence-corrected chi connectivity index (χ2v) is 6.31. The summed E-state index contributed by atoms with van der Waals surface area (Å²) in [6.45, 7) is 3.99. The van der Waals surface area contributed by atoms with Crippen LogP contribution in [-0.4, -0.2) is 49.2 Å². The van der Waals surface area contributed by atoms with E-state index >= 15 is 0 Å². The lowest BCUT2D eigenvalue weighted by Crippen LogP contribution is -2.53. The number of nitrogens with one attached hydrogen (secondary N) is 1. The monoisotopic (exact) mass is 336 g/mol. The number of benzene rings is 1. The summed E-state index contributed by atoms with van der Waals surface area (Å²) in [5.41, 5.74) is 1.10. The molecule has 126 valence electrons. The molecule has 6 heteroatoms. The van der Waals surface area contributed by atoms with Crippen molar-refractivity contribution in [3.8, 4) is 5.75 Å². The van der Waals surface area contributed by atoms with Gasteiger partial charge in [-0.1, -0.05) is 18.2 Å². The van der Waals surface area contributed by atoms with E-state index in [9.17, 15) is 0 Å². The van der Waals surface area contributed by atoms with Crippen LogP contribution in [0.3, 0.4) is 0 Å². The summed E-state index contributed by atoms with van der Waals surface area (Å²) in [6.07, 6.45) is 2.72. The third-order valence-corrected chi connectivity index (χ3v) is 4.86. The predicted molar refractivity (Wildman–Crippen MR) is 92.5 cm³/mol. The molecule has 2 aliphatic heterocycles. The van der Waals surface area contributed by atoms with Crippen molar-refractivity contribution in [3.63, 3.8) is 0 Å². The number of ether oxygens (including phenoxy) is 3. The molecular weight excluding hydrogens is 312 g/mol. The molecule has 23 heavy (non-hydrogen) atoms. The zero-order valence-corrected chi connectivity index (χ0v) is 14.4. The Labute approximate surface area is 142 Å². The number of nitrogens with zero attached hydrogens (tertiary/aromatic N) is 1. The highest BCUT2D eigenvalue weighted by atomic mass is 32.1. The van der Waals surface area contributed by atoms with Crippen LogP contribution in [0.5, 0.6) is 5.75 Å². The molecular formula is C17H24N2O3S. The Kier molecular flexibility index (Phi) is 5.35. The number of methoxy groups -OCH3 is 1. The van der Waals surface area contributed by atoms with Gasteiger partial charge < -0.3 is 24.4 Å². The molecule has 0 atom stereocenters. The molecule has 1 aromatic carbocycles. The quantitative estimate of drug-likeness (QED) is 0.855. The maximum atomic E-state index is 5.86. The Morgan fingerprint density at radius 1 is 1.26 bits per heavy atom. The van der Waals surface area contributed by atoms with E-state index in [1.54, 1.807) is 7.11 Å². The second kappa shape index (κ2) is 7.47. The molecule has 1 spiro atoms. The molecule has 0 saturated carbocycles. The fourth-order valence-corrected chi connectivity index (χ4v) is 3.34. The van der Waals surface area contributed by atoms with Gasteiger partial charge in [0, 0.05) is 38.0 Å². The average Bonchev–Trinajstić information content (AvgIpc) is 2.61. The number of para-hydroxylation sites is 1. The standard InChI is InChI=1S/C17H24N2O3S/c1-20-15-6-3-2-5-14(15)13-18-16(23)19-9-7-17(8-10-19)21-11-4-12-22-17/h2-3,5-6H,4,7-13H2,1H3,(H,18,23). The highest BCUT2D eigenvalue weighted by Gasteiger charge is 2.38. The largest absolute Gasteiger partial charge is 0.496 e. The summed E-state index contributed by atoms with van der Waals surface area (Å²) >= 11 is 5.53. The Bertz CT molecular complexity index is 536. The van der Waals surface area contributed by atoms with E-state index in [2.05, 4.69) is 10.2 Å². The molecule has 0 bridgehead atoms. The number of thiocarbonyl (C=S) groups is 1. The van der Waals surface area contributed by atoms with Gasteiger partial charge in [-0.25, -0.2) is 0 Å². The minimum Gasteiger partial charge on any atom is -0.496 e. The van der Waals surface area contributed by atoms with E-state index in [1.165, 1.54) is 0 Å². The Morgan fingerprint density at radius 3 is 2.65 bits per heavy atom. The molecule has 0 radical (unpaired) electrons. The zero-order valence-electron chi connectivity index (χ0n) is 13.5. The lowest BCUT2D eigenvalue weighted by atomic mass is 10.0. The van der Waals surface area contributed by atoms with E-state index in [1.807, 2.05) is 24.3 Å². The summed E-state index contributed by atoms with van der Waals surface area (Å²) in [6, 6.07) is 7.98. The highest BCUT2D eigenvalue weighted by molar-refractivity contribution is 7.80. The van der Waals surface area contributed by atoms with Gasteiger partial charge in [-0.15, -0.1) is 0 Å². The van der Waals surface area contributed by atoms with Crippen LogP contribution in [0, 0.1) is 0 Å². The van der Waals surface area contributed by atoms with Crippen LogP contribution < -0.4 is 10.1 Å². The molecule has 1 N–H and O–H groups in total. The molecule has 2 heterocycles. The second-order valence-electron chi connectivity index (χ2n) is 5.92. The van der Waals surface area contributed by atoms with Crippen molar-refractivity contribution in [2.75, 3.05) is 33.4 Å². The summed E-state index contributed by atoms with van der Waals surface area (Å²) in [5.74, 6) is 0.511. The normalized spacial score (nSPS) is 20.3. The SMILES string of the molecule is COc1ccccc1CNC(=S)N1CCC2(CC1)OCCCO2. The molecule has 0 amide bonds. The molecule has 1 aromatic rings. The molecule has 2 fully saturated rings. The number of piperidine rings is 1. The topological polar surface area (TPSA) is 43.0 Å². The molecule has 5 nitrogen and oxygen atoms in total. The minimum atomic E-state index is -0.368. The number of likely N-dealkylation sites (tertiary alicyclic amines) is 1. The van der Waals surface area contributed by atoms with Crippen LogP contribution in [0.25, 0.3) is 0 Å². The summed E-state index contributed by atoms with van der Waals surface area (Å²) in [7, 11) is 1.69. The van der Waals surface area contributed by atoms with Crippen molar-refractivity contribution < 1.29 is 14.2 Å². The maximum Gasteiger partial charge on any atom is 0.171 e. The first-order chi connectivity index (χ1) is 11.2. The molecule has 0 aromatic heterocycles. The van der Waals surface area contributed by atoms with Crippen LogP contribution >= 0.6 is 12.2 Å². The van der Waals surface area contributed by atoms with Crippen molar-refractivity contribution in [3.05, 3.63) is 29.8 Å². The summed E-state index contributed by atoms with van der Waals surface area (Å²) in [5, 5.41) is 4.11. The summed E-state index contributed by atoms with van der Waals surface area (Å²) in [4.78, 5) is 2.19. The first-order valence-electron chi connectivity index (χ1n) is 8.15. The first kappa shape index (κ1) is 16.5. The fourth-order valence-electron chi connectivity index (χ4n) is 3.09. The molecule has 3 rings (SSSR count). The van der Waals surface area contributed by atoms with Gasteiger partial charge in [0.15, 0.2) is 10.9 Å². The van der Waals surface area contributed by atoms with Crippen LogP contribution in [0.4, 0.5) is 0 Å². The summed E-state index contributed by atoms with van der Waals surface area (Å²) < 4.78 is 17.1. The van der Waals surface area contributed by atoms with Gasteiger partial charge in [-0.3, -0.25) is 0 Å². The molecule has 2 aliphatic rings. The van der Waals surface area contributed by atoms with E-state index in [4.69, 9.17) is 26.4 Å². The molecule has 0 unspecified atom stereocenters. The fraction of sp³-hybridized carbons (Fsp3) is 0.588. The van der Waals surface area contributed by atoms with E-state index < -0.39 is 0 Å². The van der Waals surface area contributed by atoms with Gasteiger partial charge in [0.05, 0.1) is 20.3 Å². The van der Waals surface area contributed by atoms with E-state index in [0.717, 1.165) is 62.0 Å². The third kappa shape index (κ3) is 3.94. The van der Waals surface area contributed by atoms with Crippen molar-refractivity contribution in [2.24, 2.45) is 0 Å². The number of hydrogen-bond acceptors (Lipinski definition) is 4. The first-order valence-corrected chi connectivity index (χ1v) is 8.56. The van der Waals surface area contributed by atoms with E-state index in [-0.39, 0.29) is 5.79 Å². The van der Waals surface area contributed by atoms with Crippen molar-refractivity contribution in [2.45, 2.75) is 31.6 Å². The van der Waals surface area contributed by atoms with Crippen LogP contribution in [0.2, 0.25) is 0 Å². The van der Waals surface area contributed by atoms with Crippen molar-refractivity contribution in [1.82, 2.24) is 10.2 Å². The zero-order chi connectivity index (χ0) is 16.1. The molecule has 2 saturated heterocycles. The van der Waals surface area contributed by atoms with Gasteiger partial charge >= 0.3 is 0 Å². The molecule has 0 aliphatic carbocycles. The van der Waals surface area contributed by atoms with Gasteiger partial charge in [0.2, 0.25) is 0 Å². The van der Waals surface area contributed by atoms with Gasteiger partial charge in [-0.05, 0) is 24.7 Å². The Hall–Kier alpha value is -1.37. The Balaban J connectivity index is 1.50. The van der Waals surface area contributed by atoms with Crippen molar-refractivity contribution >= 4 is 17.3 Å². The van der Waals surface area contributed by atoms with Gasteiger partial charge in [-0.2, -0.15) is 0 Å². The van der Waals surface area contributed by atoms with Crippen LogP contribution in [0.15, 0.2) is 24.3 Å². The highest BCUT2D eigenvalue weighted by Crippen LogP contribution is 2.30. The Morgan fingerprint density at radius 2 is 1.96 bits per heavy atom. The lowest BCUT2D eigenvalue weighted by Gasteiger charge is -2.44. The van der Waals surface area contributed by atoms with Crippen LogP contribution in [0.1, 0.15) is 24.8 Å². The number of hydrogen-bond donors (Lipinski definition) is 1. The predicted octanol–water partition coefficient (Wildman–Crippen LogP) is 2.30. The van der Waals surface area contributed by atoms with Gasteiger partial charge in [0.1, 0.15) is 5.75 Å². The van der Waals surface area contributed by atoms with Crippen LogP contribution in [-0.2, 0) is 16.0 Å². The van der Waals surface area contributed by atoms with Crippen molar-refractivity contribution in [1.29, 1.82) is 0 Å². The third-order valence-electron chi connectivity index (χ3n) is 4.45. The maximum absolute atomic E-state index is 5.86. The lowest BCUT2D eigenvalue weighted by molar-refractivity contribution is -0.281. The average molecular weight is 336 g/mol. The smallest absolute Gasteiger partial charge is 0.171 e. The van der Waals surface area contributed by atoms with Gasteiger partial charge in [0.25, 0.3) is 0 Å².